The Morgan fingerprint density at radius 2 is 1.90 bits per heavy atom. The highest BCUT2D eigenvalue weighted by molar-refractivity contribution is 6.31. The van der Waals surface area contributed by atoms with Gasteiger partial charge < -0.3 is 4.74 Å². The molecule has 1 fully saturated rings. The van der Waals surface area contributed by atoms with Crippen molar-refractivity contribution < 1.29 is 9.66 Å². The highest BCUT2D eigenvalue weighted by Crippen LogP contribution is 2.32. The summed E-state index contributed by atoms with van der Waals surface area (Å²) in [5, 5.41) is 11.7. The Kier molecular flexibility index (Phi) is 5.32. The minimum Gasteiger partial charge on any atom is -0.490 e. The fraction of sp³-hybridized carbons (Fsp3) is 0.381. The number of ether oxygens (including phenoxy) is 1. The molecule has 29 heavy (non-hydrogen) atoms. The van der Waals surface area contributed by atoms with Crippen molar-refractivity contribution in [2.75, 3.05) is 7.11 Å². The van der Waals surface area contributed by atoms with Crippen LogP contribution in [0.1, 0.15) is 43.7 Å². The largest absolute Gasteiger partial charge is 0.490 e. The molecule has 1 saturated carbocycles. The highest BCUT2D eigenvalue weighted by atomic mass is 35.5. The average molecular weight is 416 g/mol. The zero-order valence-electron chi connectivity index (χ0n) is 16.1. The summed E-state index contributed by atoms with van der Waals surface area (Å²) < 4.78 is 8.75. The average Bonchev–Trinajstić information content (AvgIpc) is 2.99. The lowest BCUT2D eigenvalue weighted by Crippen LogP contribution is -2.29. The number of halogens is 1. The lowest BCUT2D eigenvalue weighted by Gasteiger charge is -2.23. The quantitative estimate of drug-likeness (QED) is 0.437. The maximum atomic E-state index is 13.4. The van der Waals surface area contributed by atoms with Crippen molar-refractivity contribution in [1.82, 2.24) is 9.13 Å². The normalized spacial score (nSPS) is 15.0. The van der Waals surface area contributed by atoms with E-state index >= 15 is 0 Å². The van der Waals surface area contributed by atoms with Gasteiger partial charge in [-0.2, -0.15) is 0 Å². The molecule has 4 rings (SSSR count). The summed E-state index contributed by atoms with van der Waals surface area (Å²) in [4.78, 5) is 24.0. The van der Waals surface area contributed by atoms with Gasteiger partial charge in [0.05, 0.1) is 29.6 Å². The second-order valence-corrected chi connectivity index (χ2v) is 7.86. The molecule has 152 valence electrons. The molecule has 0 N–H and O–H groups in total. The Morgan fingerprint density at radius 1 is 1.14 bits per heavy atom. The third-order valence-electron chi connectivity index (χ3n) is 5.65. The number of fused-ring (bicyclic) bond motifs is 1. The molecule has 2 aromatic carbocycles. The number of nitro groups is 1. The standard InChI is InChI=1S/C21H22ClN3O4/c1-29-20-11-14(7-9-18(20)25(27)28)13-23-17-10-8-15(22)12-19(17)24(21(23)26)16-5-3-2-4-6-16/h7-12,16H,2-6,13H2,1H3. The van der Waals surface area contributed by atoms with Crippen molar-refractivity contribution >= 4 is 28.3 Å². The number of nitro benzene ring substituents is 1. The van der Waals surface area contributed by atoms with E-state index in [4.69, 9.17) is 16.3 Å². The van der Waals surface area contributed by atoms with Crippen LogP contribution in [0.3, 0.4) is 0 Å². The molecule has 1 heterocycles. The molecule has 0 unspecified atom stereocenters. The maximum absolute atomic E-state index is 13.4. The van der Waals surface area contributed by atoms with E-state index in [2.05, 4.69) is 0 Å². The van der Waals surface area contributed by atoms with E-state index in [1.54, 1.807) is 22.8 Å². The Labute approximate surface area is 172 Å². The van der Waals surface area contributed by atoms with Gasteiger partial charge in [-0.3, -0.25) is 19.2 Å². The van der Waals surface area contributed by atoms with E-state index in [1.807, 2.05) is 16.7 Å². The zero-order chi connectivity index (χ0) is 20.5. The van der Waals surface area contributed by atoms with Crippen LogP contribution in [-0.2, 0) is 6.54 Å². The van der Waals surface area contributed by atoms with E-state index in [0.717, 1.165) is 42.3 Å². The van der Waals surface area contributed by atoms with Crippen LogP contribution < -0.4 is 10.4 Å². The summed E-state index contributed by atoms with van der Waals surface area (Å²) in [7, 11) is 1.40. The lowest BCUT2D eigenvalue weighted by molar-refractivity contribution is -0.385. The van der Waals surface area contributed by atoms with Gasteiger partial charge >= 0.3 is 11.4 Å². The second-order valence-electron chi connectivity index (χ2n) is 7.43. The fourth-order valence-electron chi connectivity index (χ4n) is 4.25. The summed E-state index contributed by atoms with van der Waals surface area (Å²) in [6.07, 6.45) is 5.40. The molecule has 0 bridgehead atoms. The molecule has 7 nitrogen and oxygen atoms in total. The van der Waals surface area contributed by atoms with Gasteiger partial charge in [0.1, 0.15) is 0 Å². The number of rotatable bonds is 5. The van der Waals surface area contributed by atoms with Gasteiger partial charge in [0.15, 0.2) is 5.75 Å². The Balaban J connectivity index is 1.81. The fourth-order valence-corrected chi connectivity index (χ4v) is 4.42. The number of hydrogen-bond donors (Lipinski definition) is 0. The molecule has 0 amide bonds. The smallest absolute Gasteiger partial charge is 0.329 e. The van der Waals surface area contributed by atoms with Crippen LogP contribution >= 0.6 is 11.6 Å². The molecule has 0 saturated heterocycles. The van der Waals surface area contributed by atoms with Gasteiger partial charge in [0.2, 0.25) is 0 Å². The van der Waals surface area contributed by atoms with Gasteiger partial charge in [-0.15, -0.1) is 0 Å². The Morgan fingerprint density at radius 3 is 2.59 bits per heavy atom. The SMILES string of the molecule is COc1cc(Cn2c(=O)n(C3CCCCC3)c3cc(Cl)ccc32)ccc1[N+](=O)[O-]. The van der Waals surface area contributed by atoms with Crippen molar-refractivity contribution in [1.29, 1.82) is 0 Å². The number of hydrogen-bond acceptors (Lipinski definition) is 4. The predicted molar refractivity (Wildman–Crippen MR) is 112 cm³/mol. The van der Waals surface area contributed by atoms with Crippen LogP contribution in [0.15, 0.2) is 41.2 Å². The Bertz CT molecular complexity index is 1130. The summed E-state index contributed by atoms with van der Waals surface area (Å²) in [6, 6.07) is 10.3. The minimum absolute atomic E-state index is 0.0773. The van der Waals surface area contributed by atoms with Crippen molar-refractivity contribution in [3.05, 3.63) is 67.6 Å². The third-order valence-corrected chi connectivity index (χ3v) is 5.88. The van der Waals surface area contributed by atoms with Crippen molar-refractivity contribution in [2.24, 2.45) is 0 Å². The predicted octanol–water partition coefficient (Wildman–Crippen LogP) is 4.93. The molecule has 1 aliphatic rings. The van der Waals surface area contributed by atoms with Crippen LogP contribution in [0.5, 0.6) is 5.75 Å². The molecule has 8 heteroatoms. The van der Waals surface area contributed by atoms with E-state index in [0.29, 0.717) is 11.6 Å². The molecular formula is C21H22ClN3O4. The first-order chi connectivity index (χ1) is 14.0. The van der Waals surface area contributed by atoms with Crippen LogP contribution in [0.4, 0.5) is 5.69 Å². The molecule has 1 aliphatic carbocycles. The molecule has 1 aromatic heterocycles. The lowest BCUT2D eigenvalue weighted by atomic mass is 9.95. The first-order valence-corrected chi connectivity index (χ1v) is 10.1. The van der Waals surface area contributed by atoms with Crippen LogP contribution in [0.25, 0.3) is 11.0 Å². The number of benzene rings is 2. The monoisotopic (exact) mass is 415 g/mol. The molecule has 0 radical (unpaired) electrons. The maximum Gasteiger partial charge on any atom is 0.329 e. The molecule has 0 aliphatic heterocycles. The number of imidazole rings is 1. The highest BCUT2D eigenvalue weighted by Gasteiger charge is 2.23. The van der Waals surface area contributed by atoms with Crippen LogP contribution in [0.2, 0.25) is 5.02 Å². The van der Waals surface area contributed by atoms with Crippen molar-refractivity contribution in [3.63, 3.8) is 0 Å². The first-order valence-electron chi connectivity index (χ1n) is 9.71. The van der Waals surface area contributed by atoms with Gasteiger partial charge in [0, 0.05) is 17.1 Å². The number of aromatic nitrogens is 2. The second kappa shape index (κ2) is 7.91. The van der Waals surface area contributed by atoms with Gasteiger partial charge in [0.25, 0.3) is 0 Å². The summed E-state index contributed by atoms with van der Waals surface area (Å²) in [5.74, 6) is 0.180. The van der Waals surface area contributed by atoms with Gasteiger partial charge in [-0.1, -0.05) is 36.9 Å². The molecule has 0 spiro atoms. The summed E-state index contributed by atoms with van der Waals surface area (Å²) in [5.41, 5.74) is 2.23. The zero-order valence-corrected chi connectivity index (χ0v) is 16.9. The molecular weight excluding hydrogens is 394 g/mol. The van der Waals surface area contributed by atoms with Crippen LogP contribution in [0, 0.1) is 10.1 Å². The van der Waals surface area contributed by atoms with Crippen LogP contribution in [-0.4, -0.2) is 21.2 Å². The summed E-state index contributed by atoms with van der Waals surface area (Å²) in [6.45, 7) is 0.297. The van der Waals surface area contributed by atoms with E-state index < -0.39 is 4.92 Å². The summed E-state index contributed by atoms with van der Waals surface area (Å²) >= 11 is 6.23. The third kappa shape index (κ3) is 3.62. The van der Waals surface area contributed by atoms with E-state index in [-0.39, 0.29) is 23.2 Å². The molecule has 3 aromatic rings. The van der Waals surface area contributed by atoms with Gasteiger partial charge in [-0.05, 0) is 42.7 Å². The van der Waals surface area contributed by atoms with Crippen molar-refractivity contribution in [2.45, 2.75) is 44.7 Å². The molecule has 0 atom stereocenters. The number of methoxy groups -OCH3 is 1. The van der Waals surface area contributed by atoms with E-state index in [1.165, 1.54) is 19.6 Å². The topological polar surface area (TPSA) is 79.3 Å². The Hall–Kier alpha value is -2.80. The number of nitrogens with zero attached hydrogens (tertiary/aromatic N) is 3. The van der Waals surface area contributed by atoms with Crippen molar-refractivity contribution in [3.8, 4) is 5.75 Å². The van der Waals surface area contributed by atoms with E-state index in [9.17, 15) is 14.9 Å². The first kappa shape index (κ1) is 19.5. The van der Waals surface area contributed by atoms with Gasteiger partial charge in [-0.25, -0.2) is 4.79 Å². The minimum atomic E-state index is -0.480.